The van der Waals surface area contributed by atoms with E-state index in [1.807, 2.05) is 0 Å². The summed E-state index contributed by atoms with van der Waals surface area (Å²) in [5.41, 5.74) is 0.187. The van der Waals surface area contributed by atoms with Crippen molar-refractivity contribution >= 4 is 46.4 Å². The Labute approximate surface area is 170 Å². The third-order valence-corrected chi connectivity index (χ3v) is 4.95. The number of hydrogen-bond donors (Lipinski definition) is 2. The van der Waals surface area contributed by atoms with Crippen LogP contribution in [-0.4, -0.2) is 35.8 Å². The Hall–Kier alpha value is -2.22. The zero-order chi connectivity index (χ0) is 20.3. The first-order valence-corrected chi connectivity index (χ1v) is 9.34. The van der Waals surface area contributed by atoms with Crippen LogP contribution < -0.4 is 10.6 Å². The van der Waals surface area contributed by atoms with E-state index in [1.165, 1.54) is 6.07 Å². The van der Waals surface area contributed by atoms with Crippen molar-refractivity contribution in [1.82, 2.24) is 4.90 Å². The highest BCUT2D eigenvalue weighted by molar-refractivity contribution is 6.36. The van der Waals surface area contributed by atoms with Crippen molar-refractivity contribution in [2.24, 2.45) is 0 Å². The molecule has 1 heterocycles. The molecule has 0 radical (unpaired) electrons. The van der Waals surface area contributed by atoms with Gasteiger partial charge in [-0.2, -0.15) is 0 Å². The highest BCUT2D eigenvalue weighted by Gasteiger charge is 2.32. The molecule has 1 saturated heterocycles. The third kappa shape index (κ3) is 4.98. The van der Waals surface area contributed by atoms with Gasteiger partial charge in [-0.15, -0.1) is 0 Å². The number of likely N-dealkylation sites (tertiary alicyclic amines) is 1. The Morgan fingerprint density at radius 3 is 2.61 bits per heavy atom. The van der Waals surface area contributed by atoms with Crippen molar-refractivity contribution in [3.05, 3.63) is 58.1 Å². The Bertz CT molecular complexity index is 911. The van der Waals surface area contributed by atoms with Crippen molar-refractivity contribution in [2.75, 3.05) is 23.7 Å². The number of carbonyl (C=O) groups is 2. The van der Waals surface area contributed by atoms with E-state index in [2.05, 4.69) is 10.6 Å². The van der Waals surface area contributed by atoms with Gasteiger partial charge in [0, 0.05) is 11.1 Å². The van der Waals surface area contributed by atoms with Crippen LogP contribution in [0, 0.1) is 11.6 Å². The van der Waals surface area contributed by atoms with Gasteiger partial charge in [-0.25, -0.2) is 8.78 Å². The monoisotopic (exact) mass is 427 g/mol. The lowest BCUT2D eigenvalue weighted by Gasteiger charge is -2.23. The lowest BCUT2D eigenvalue weighted by Crippen LogP contribution is -2.43. The Morgan fingerprint density at radius 2 is 1.86 bits per heavy atom. The minimum absolute atomic E-state index is 0.123. The van der Waals surface area contributed by atoms with Crippen LogP contribution in [0.3, 0.4) is 0 Å². The number of carbonyl (C=O) groups excluding carboxylic acids is 2. The Kier molecular flexibility index (Phi) is 6.49. The molecule has 1 aliphatic heterocycles. The molecule has 9 heteroatoms. The van der Waals surface area contributed by atoms with Gasteiger partial charge < -0.3 is 10.6 Å². The summed E-state index contributed by atoms with van der Waals surface area (Å²) in [6, 6.07) is 7.00. The third-order valence-electron chi connectivity index (χ3n) is 4.40. The first kappa shape index (κ1) is 20.5. The molecular weight excluding hydrogens is 411 g/mol. The lowest BCUT2D eigenvalue weighted by atomic mass is 10.2. The van der Waals surface area contributed by atoms with Crippen LogP contribution in [0.25, 0.3) is 0 Å². The molecule has 0 aromatic heterocycles. The van der Waals surface area contributed by atoms with Gasteiger partial charge in [0.2, 0.25) is 11.8 Å². The second kappa shape index (κ2) is 8.86. The molecule has 0 aliphatic carbocycles. The minimum Gasteiger partial charge on any atom is -0.323 e. The predicted molar refractivity (Wildman–Crippen MR) is 105 cm³/mol. The molecule has 1 atom stereocenters. The summed E-state index contributed by atoms with van der Waals surface area (Å²) in [4.78, 5) is 26.5. The molecule has 2 aromatic rings. The molecular formula is C19H17Cl2F2N3O2. The van der Waals surface area contributed by atoms with Gasteiger partial charge >= 0.3 is 0 Å². The summed E-state index contributed by atoms with van der Waals surface area (Å²) in [5.74, 6) is -2.22. The fourth-order valence-corrected chi connectivity index (χ4v) is 3.54. The van der Waals surface area contributed by atoms with Crippen LogP contribution in [0.2, 0.25) is 10.0 Å². The molecule has 3 rings (SSSR count). The van der Waals surface area contributed by atoms with Gasteiger partial charge in [-0.1, -0.05) is 23.2 Å². The molecule has 1 aliphatic rings. The fraction of sp³-hybridized carbons (Fsp3) is 0.263. The van der Waals surface area contributed by atoms with Crippen LogP contribution in [0.4, 0.5) is 20.2 Å². The standard InChI is InChI=1S/C19H17Cl2F2N3O2/c20-11-3-6-15(13(21)8-11)25-19(28)17-2-1-7-26(17)10-18(27)24-16-9-12(22)4-5-14(16)23/h3-6,8-9,17H,1-2,7,10H2,(H,24,27)(H,25,28)/t17-/m0/s1. The molecule has 5 nitrogen and oxygen atoms in total. The highest BCUT2D eigenvalue weighted by atomic mass is 35.5. The molecule has 0 bridgehead atoms. The first-order chi connectivity index (χ1) is 13.3. The summed E-state index contributed by atoms with van der Waals surface area (Å²) in [6.07, 6.45) is 1.30. The summed E-state index contributed by atoms with van der Waals surface area (Å²) in [6.45, 7) is 0.411. The van der Waals surface area contributed by atoms with Gasteiger partial charge in [-0.05, 0) is 49.7 Å². The number of anilines is 2. The summed E-state index contributed by atoms with van der Waals surface area (Å²) in [7, 11) is 0. The van der Waals surface area contributed by atoms with Crippen molar-refractivity contribution < 1.29 is 18.4 Å². The predicted octanol–water partition coefficient (Wildman–Crippen LogP) is 4.31. The summed E-state index contributed by atoms with van der Waals surface area (Å²) >= 11 is 11.9. The second-order valence-corrected chi connectivity index (χ2v) is 7.26. The summed E-state index contributed by atoms with van der Waals surface area (Å²) < 4.78 is 26.9. The smallest absolute Gasteiger partial charge is 0.241 e. The Balaban J connectivity index is 1.63. The number of rotatable bonds is 5. The zero-order valence-electron chi connectivity index (χ0n) is 14.6. The van der Waals surface area contributed by atoms with E-state index in [1.54, 1.807) is 17.0 Å². The molecule has 148 valence electrons. The highest BCUT2D eigenvalue weighted by Crippen LogP contribution is 2.27. The quantitative estimate of drug-likeness (QED) is 0.746. The van der Waals surface area contributed by atoms with Crippen molar-refractivity contribution in [2.45, 2.75) is 18.9 Å². The van der Waals surface area contributed by atoms with Crippen LogP contribution in [0.15, 0.2) is 36.4 Å². The van der Waals surface area contributed by atoms with Gasteiger partial charge in [0.25, 0.3) is 0 Å². The number of nitrogens with one attached hydrogen (secondary N) is 2. The number of benzene rings is 2. The molecule has 2 N–H and O–H groups in total. The van der Waals surface area contributed by atoms with E-state index >= 15 is 0 Å². The van der Waals surface area contributed by atoms with E-state index in [4.69, 9.17) is 23.2 Å². The van der Waals surface area contributed by atoms with Crippen molar-refractivity contribution in [3.63, 3.8) is 0 Å². The molecule has 1 fully saturated rings. The molecule has 2 amide bonds. The molecule has 28 heavy (non-hydrogen) atoms. The topological polar surface area (TPSA) is 61.4 Å². The lowest BCUT2D eigenvalue weighted by molar-refractivity contribution is -0.122. The number of hydrogen-bond acceptors (Lipinski definition) is 3. The average Bonchev–Trinajstić information content (AvgIpc) is 3.08. The fourth-order valence-electron chi connectivity index (χ4n) is 3.09. The van der Waals surface area contributed by atoms with Crippen molar-refractivity contribution in [3.8, 4) is 0 Å². The normalized spacial score (nSPS) is 16.8. The van der Waals surface area contributed by atoms with Crippen LogP contribution in [0.1, 0.15) is 12.8 Å². The minimum atomic E-state index is -0.733. The van der Waals surface area contributed by atoms with Crippen LogP contribution >= 0.6 is 23.2 Å². The molecule has 2 aromatic carbocycles. The van der Waals surface area contributed by atoms with Gasteiger partial charge in [0.1, 0.15) is 11.6 Å². The molecule has 0 saturated carbocycles. The molecule has 0 spiro atoms. The van der Waals surface area contributed by atoms with E-state index in [-0.39, 0.29) is 18.1 Å². The zero-order valence-corrected chi connectivity index (χ0v) is 16.2. The van der Waals surface area contributed by atoms with Crippen molar-refractivity contribution in [1.29, 1.82) is 0 Å². The van der Waals surface area contributed by atoms with E-state index < -0.39 is 23.6 Å². The number of halogens is 4. The van der Waals surface area contributed by atoms with Gasteiger partial charge in [0.15, 0.2) is 0 Å². The summed E-state index contributed by atoms with van der Waals surface area (Å²) in [5, 5.41) is 5.84. The van der Waals surface area contributed by atoms with Gasteiger partial charge in [0.05, 0.1) is 29.0 Å². The average molecular weight is 428 g/mol. The second-order valence-electron chi connectivity index (χ2n) is 6.41. The maximum absolute atomic E-state index is 13.7. The molecule has 0 unspecified atom stereocenters. The first-order valence-electron chi connectivity index (χ1n) is 8.58. The maximum atomic E-state index is 13.7. The van der Waals surface area contributed by atoms with E-state index in [0.29, 0.717) is 28.7 Å². The number of amides is 2. The van der Waals surface area contributed by atoms with Crippen LogP contribution in [0.5, 0.6) is 0 Å². The SMILES string of the molecule is O=C(CN1CCC[C@H]1C(=O)Nc1ccc(Cl)cc1Cl)Nc1cc(F)ccc1F. The maximum Gasteiger partial charge on any atom is 0.241 e. The number of nitrogens with zero attached hydrogens (tertiary/aromatic N) is 1. The van der Waals surface area contributed by atoms with Crippen LogP contribution in [-0.2, 0) is 9.59 Å². The van der Waals surface area contributed by atoms with E-state index in [9.17, 15) is 18.4 Å². The van der Waals surface area contributed by atoms with Gasteiger partial charge in [-0.3, -0.25) is 14.5 Å². The Morgan fingerprint density at radius 1 is 1.07 bits per heavy atom. The van der Waals surface area contributed by atoms with E-state index in [0.717, 1.165) is 24.6 Å². The largest absolute Gasteiger partial charge is 0.323 e.